The summed E-state index contributed by atoms with van der Waals surface area (Å²) in [5, 5.41) is 2.90. The predicted molar refractivity (Wildman–Crippen MR) is 123 cm³/mol. The van der Waals surface area contributed by atoms with Crippen molar-refractivity contribution < 1.29 is 32.3 Å². The van der Waals surface area contributed by atoms with Crippen LogP contribution in [0.15, 0.2) is 53.4 Å². The van der Waals surface area contributed by atoms with Crippen LogP contribution in [0.1, 0.15) is 30.1 Å². The molecule has 0 fully saturated rings. The molecule has 0 unspecified atom stereocenters. The van der Waals surface area contributed by atoms with Crippen LogP contribution in [0.3, 0.4) is 0 Å². The third-order valence-electron chi connectivity index (χ3n) is 4.42. The van der Waals surface area contributed by atoms with E-state index in [-0.39, 0.29) is 29.4 Å². The Kier molecular flexibility index (Phi) is 9.68. The molecule has 1 amide bonds. The normalized spacial score (nSPS) is 10.9. The summed E-state index contributed by atoms with van der Waals surface area (Å²) < 4.78 is 36.7. The Hall–Kier alpha value is -3.11. The zero-order valence-corrected chi connectivity index (χ0v) is 19.8. The average molecular weight is 497 g/mol. The summed E-state index contributed by atoms with van der Waals surface area (Å²) in [5.41, 5.74) is 0.334. The van der Waals surface area contributed by atoms with Crippen LogP contribution in [0.25, 0.3) is 0 Å². The van der Waals surface area contributed by atoms with Gasteiger partial charge in [0, 0.05) is 25.0 Å². The van der Waals surface area contributed by atoms with E-state index in [4.69, 9.17) is 21.1 Å². The molecule has 178 valence electrons. The standard InChI is InChI=1S/C22H25ClN2O7S/c1-3-31-21(27)11-6-12-24-20(26)15-32-22(28)16-7-4-10-19(13-16)33(29,30)25(2)18-9-5-8-17(23)14-18/h4-5,7-10,13-14H,3,6,11-12,15H2,1-2H3,(H,24,26). The lowest BCUT2D eigenvalue weighted by atomic mass is 10.2. The summed E-state index contributed by atoms with van der Waals surface area (Å²) in [5.74, 6) is -1.75. The van der Waals surface area contributed by atoms with Crippen LogP contribution in [-0.4, -0.2) is 53.1 Å². The van der Waals surface area contributed by atoms with Gasteiger partial charge in [0.2, 0.25) is 0 Å². The van der Waals surface area contributed by atoms with Crippen molar-refractivity contribution in [3.8, 4) is 0 Å². The predicted octanol–water partition coefficient (Wildman–Crippen LogP) is 2.78. The van der Waals surface area contributed by atoms with E-state index >= 15 is 0 Å². The highest BCUT2D eigenvalue weighted by Gasteiger charge is 2.23. The van der Waals surface area contributed by atoms with Gasteiger partial charge in [-0.05, 0) is 49.7 Å². The Balaban J connectivity index is 1.94. The van der Waals surface area contributed by atoms with Gasteiger partial charge in [0.1, 0.15) is 0 Å². The van der Waals surface area contributed by atoms with Crippen molar-refractivity contribution in [3.63, 3.8) is 0 Å². The van der Waals surface area contributed by atoms with E-state index in [1.54, 1.807) is 25.1 Å². The molecule has 2 rings (SSSR count). The van der Waals surface area contributed by atoms with Gasteiger partial charge in [0.15, 0.2) is 6.61 Å². The van der Waals surface area contributed by atoms with Gasteiger partial charge in [-0.15, -0.1) is 0 Å². The molecule has 0 aliphatic carbocycles. The number of nitrogens with zero attached hydrogens (tertiary/aromatic N) is 1. The molecule has 0 bridgehead atoms. The van der Waals surface area contributed by atoms with E-state index in [0.29, 0.717) is 23.7 Å². The molecule has 0 heterocycles. The summed E-state index contributed by atoms with van der Waals surface area (Å²) >= 11 is 5.94. The fourth-order valence-electron chi connectivity index (χ4n) is 2.71. The lowest BCUT2D eigenvalue weighted by molar-refractivity contribution is -0.143. The largest absolute Gasteiger partial charge is 0.466 e. The SMILES string of the molecule is CCOC(=O)CCCNC(=O)COC(=O)c1cccc(S(=O)(=O)N(C)c2cccc(Cl)c2)c1. The second-order valence-corrected chi connectivity index (χ2v) is 9.22. The minimum atomic E-state index is -3.97. The van der Waals surface area contributed by atoms with Gasteiger partial charge in [-0.2, -0.15) is 0 Å². The van der Waals surface area contributed by atoms with E-state index < -0.39 is 28.5 Å². The van der Waals surface area contributed by atoms with Crippen LogP contribution < -0.4 is 9.62 Å². The lowest BCUT2D eigenvalue weighted by Gasteiger charge is -2.20. The Bertz CT molecular complexity index is 1110. The quantitative estimate of drug-likeness (QED) is 0.375. The molecular formula is C22H25ClN2O7S. The topological polar surface area (TPSA) is 119 Å². The van der Waals surface area contributed by atoms with Crippen LogP contribution in [0.2, 0.25) is 5.02 Å². The van der Waals surface area contributed by atoms with Crippen molar-refractivity contribution in [2.45, 2.75) is 24.7 Å². The molecule has 0 saturated carbocycles. The summed E-state index contributed by atoms with van der Waals surface area (Å²) in [4.78, 5) is 35.3. The van der Waals surface area contributed by atoms with Gasteiger partial charge in [0.25, 0.3) is 15.9 Å². The third-order valence-corrected chi connectivity index (χ3v) is 6.44. The number of anilines is 1. The maximum absolute atomic E-state index is 13.0. The Morgan fingerprint density at radius 2 is 1.79 bits per heavy atom. The summed E-state index contributed by atoms with van der Waals surface area (Å²) in [6.07, 6.45) is 0.553. The minimum Gasteiger partial charge on any atom is -0.466 e. The van der Waals surface area contributed by atoms with Crippen LogP contribution in [0.5, 0.6) is 0 Å². The summed E-state index contributed by atoms with van der Waals surface area (Å²) in [6, 6.07) is 11.7. The highest BCUT2D eigenvalue weighted by Crippen LogP contribution is 2.25. The molecule has 2 aromatic carbocycles. The Morgan fingerprint density at radius 1 is 1.06 bits per heavy atom. The summed E-state index contributed by atoms with van der Waals surface area (Å²) in [6.45, 7) is 1.67. The van der Waals surface area contributed by atoms with E-state index in [1.165, 1.54) is 37.4 Å². The van der Waals surface area contributed by atoms with E-state index in [1.807, 2.05) is 0 Å². The summed E-state index contributed by atoms with van der Waals surface area (Å²) in [7, 11) is -2.60. The molecule has 0 atom stereocenters. The van der Waals surface area contributed by atoms with Crippen molar-refractivity contribution in [2.75, 3.05) is 31.1 Å². The number of nitrogens with one attached hydrogen (secondary N) is 1. The zero-order valence-electron chi connectivity index (χ0n) is 18.2. The molecule has 0 saturated heterocycles. The molecule has 33 heavy (non-hydrogen) atoms. The number of rotatable bonds is 11. The number of carbonyl (C=O) groups is 3. The zero-order chi connectivity index (χ0) is 24.4. The highest BCUT2D eigenvalue weighted by atomic mass is 35.5. The van der Waals surface area contributed by atoms with Gasteiger partial charge in [-0.3, -0.25) is 13.9 Å². The third kappa shape index (κ3) is 7.76. The van der Waals surface area contributed by atoms with E-state index in [0.717, 1.165) is 4.31 Å². The Morgan fingerprint density at radius 3 is 2.48 bits per heavy atom. The number of halogens is 1. The second-order valence-electron chi connectivity index (χ2n) is 6.81. The second kappa shape index (κ2) is 12.2. The molecule has 2 aromatic rings. The molecule has 0 radical (unpaired) electrons. The van der Waals surface area contributed by atoms with Crippen LogP contribution in [0.4, 0.5) is 5.69 Å². The molecule has 1 N–H and O–H groups in total. The van der Waals surface area contributed by atoms with Gasteiger partial charge >= 0.3 is 11.9 Å². The van der Waals surface area contributed by atoms with Crippen molar-refractivity contribution in [1.29, 1.82) is 0 Å². The molecule has 0 spiro atoms. The number of hydrogen-bond donors (Lipinski definition) is 1. The molecule has 0 aliphatic heterocycles. The van der Waals surface area contributed by atoms with Gasteiger partial charge < -0.3 is 14.8 Å². The van der Waals surface area contributed by atoms with Gasteiger partial charge in [-0.25, -0.2) is 13.2 Å². The van der Waals surface area contributed by atoms with E-state index in [9.17, 15) is 22.8 Å². The van der Waals surface area contributed by atoms with Crippen molar-refractivity contribution >= 4 is 45.2 Å². The number of sulfonamides is 1. The van der Waals surface area contributed by atoms with Gasteiger partial charge in [-0.1, -0.05) is 23.7 Å². The minimum absolute atomic E-state index is 0.0225. The molecule has 0 aliphatic rings. The molecule has 0 aromatic heterocycles. The fraction of sp³-hybridized carbons (Fsp3) is 0.318. The Labute approximate surface area is 197 Å². The molecular weight excluding hydrogens is 472 g/mol. The fourth-order valence-corrected chi connectivity index (χ4v) is 4.13. The lowest BCUT2D eigenvalue weighted by Crippen LogP contribution is -2.30. The first kappa shape index (κ1) is 26.1. The highest BCUT2D eigenvalue weighted by molar-refractivity contribution is 7.92. The first-order chi connectivity index (χ1) is 15.6. The maximum Gasteiger partial charge on any atom is 0.338 e. The smallest absolute Gasteiger partial charge is 0.338 e. The number of carbonyl (C=O) groups excluding carboxylic acids is 3. The van der Waals surface area contributed by atoms with Crippen molar-refractivity contribution in [3.05, 3.63) is 59.1 Å². The van der Waals surface area contributed by atoms with Crippen LogP contribution in [-0.2, 0) is 29.1 Å². The number of amides is 1. The molecule has 11 heteroatoms. The monoisotopic (exact) mass is 496 g/mol. The van der Waals surface area contributed by atoms with Crippen LogP contribution in [0, 0.1) is 0 Å². The first-order valence-electron chi connectivity index (χ1n) is 10.1. The molecule has 9 nitrogen and oxygen atoms in total. The number of benzene rings is 2. The van der Waals surface area contributed by atoms with E-state index in [2.05, 4.69) is 5.32 Å². The van der Waals surface area contributed by atoms with Crippen molar-refractivity contribution in [1.82, 2.24) is 5.32 Å². The van der Waals surface area contributed by atoms with Gasteiger partial charge in [0.05, 0.1) is 22.8 Å². The maximum atomic E-state index is 13.0. The van der Waals surface area contributed by atoms with Crippen molar-refractivity contribution in [2.24, 2.45) is 0 Å². The first-order valence-corrected chi connectivity index (χ1v) is 11.9. The average Bonchev–Trinajstić information content (AvgIpc) is 2.80. The number of ether oxygens (including phenoxy) is 2. The van der Waals surface area contributed by atoms with Crippen LogP contribution >= 0.6 is 11.6 Å². The number of esters is 2. The number of hydrogen-bond acceptors (Lipinski definition) is 7.